The van der Waals surface area contributed by atoms with Crippen LogP contribution in [0, 0.1) is 0 Å². The van der Waals surface area contributed by atoms with Crippen LogP contribution in [0.4, 0.5) is 0 Å². The van der Waals surface area contributed by atoms with Gasteiger partial charge in [-0.3, -0.25) is 0 Å². The molecule has 0 unspecified atom stereocenters. The van der Waals surface area contributed by atoms with Crippen molar-refractivity contribution in [1.82, 2.24) is 0 Å². The quantitative estimate of drug-likeness (QED) is 0.538. The molecule has 1 nitrogen and oxygen atoms in total. The second-order valence-electron chi connectivity index (χ2n) is 4.23. The van der Waals surface area contributed by atoms with Crippen LogP contribution in [0.3, 0.4) is 0 Å². The molecule has 0 fully saturated rings. The maximum atomic E-state index is 5.97. The van der Waals surface area contributed by atoms with Gasteiger partial charge >= 0.3 is 0 Å². The number of hydrogen-bond acceptors (Lipinski definition) is 1. The highest BCUT2D eigenvalue weighted by atomic mass is 28.4. The van der Waals surface area contributed by atoms with Gasteiger partial charge in [0, 0.05) is 5.56 Å². The van der Waals surface area contributed by atoms with E-state index in [0.717, 1.165) is 11.3 Å². The maximum absolute atomic E-state index is 5.97. The Balaban J connectivity index is 2.85. The first-order valence-electron chi connectivity index (χ1n) is 4.93. The molecule has 0 radical (unpaired) electrons. The van der Waals surface area contributed by atoms with Crippen LogP contribution in [0.25, 0.3) is 5.76 Å². The molecule has 0 aliphatic heterocycles. The fraction of sp³-hybridized carbons (Fsp3) is 0.333. The molecule has 0 aliphatic rings. The van der Waals surface area contributed by atoms with Gasteiger partial charge in [0.15, 0.2) is 0 Å². The lowest BCUT2D eigenvalue weighted by Crippen LogP contribution is -2.24. The number of hydrogen-bond donors (Lipinski definition) is 0. The number of rotatable bonds is 3. The molecule has 0 atom stereocenters. The molecule has 1 rings (SSSR count). The molecule has 1 aromatic rings. The lowest BCUT2D eigenvalue weighted by atomic mass is 10.2. The van der Waals surface area contributed by atoms with E-state index in [2.05, 4.69) is 31.8 Å². The third-order valence-electron chi connectivity index (χ3n) is 1.74. The number of allylic oxidation sites excluding steroid dienone is 1. The molecular formula is C12H18OSi. The molecule has 2 heteroatoms. The molecule has 0 aromatic heterocycles. The van der Waals surface area contributed by atoms with Crippen LogP contribution in [0.15, 0.2) is 36.4 Å². The van der Waals surface area contributed by atoms with Crippen LogP contribution in [0.5, 0.6) is 0 Å². The zero-order chi connectivity index (χ0) is 10.6. The predicted molar refractivity (Wildman–Crippen MR) is 64.5 cm³/mol. The minimum absolute atomic E-state index is 1.00. The summed E-state index contributed by atoms with van der Waals surface area (Å²) in [5, 5.41) is 0. The Bertz CT molecular complexity index is 309. The van der Waals surface area contributed by atoms with Crippen LogP contribution >= 0.6 is 0 Å². The van der Waals surface area contributed by atoms with Crippen molar-refractivity contribution < 1.29 is 4.43 Å². The molecule has 0 saturated heterocycles. The monoisotopic (exact) mass is 206 g/mol. The van der Waals surface area contributed by atoms with E-state index in [9.17, 15) is 0 Å². The van der Waals surface area contributed by atoms with Crippen LogP contribution < -0.4 is 0 Å². The molecule has 0 heterocycles. The highest BCUT2D eigenvalue weighted by Crippen LogP contribution is 2.20. The summed E-state index contributed by atoms with van der Waals surface area (Å²) in [6.45, 7) is 8.60. The van der Waals surface area contributed by atoms with E-state index in [-0.39, 0.29) is 0 Å². The summed E-state index contributed by atoms with van der Waals surface area (Å²) >= 11 is 0. The summed E-state index contributed by atoms with van der Waals surface area (Å²) in [6.07, 6.45) is 2.04. The Morgan fingerprint density at radius 2 is 1.71 bits per heavy atom. The van der Waals surface area contributed by atoms with Gasteiger partial charge in [0.25, 0.3) is 0 Å². The lowest BCUT2D eigenvalue weighted by molar-refractivity contribution is 0.513. The van der Waals surface area contributed by atoms with Crippen molar-refractivity contribution in [1.29, 1.82) is 0 Å². The van der Waals surface area contributed by atoms with Gasteiger partial charge in [0.1, 0.15) is 5.76 Å². The van der Waals surface area contributed by atoms with Crippen LogP contribution in [-0.4, -0.2) is 8.32 Å². The minimum atomic E-state index is -1.49. The highest BCUT2D eigenvalue weighted by molar-refractivity contribution is 6.70. The number of benzene rings is 1. The topological polar surface area (TPSA) is 9.23 Å². The second kappa shape index (κ2) is 4.47. The van der Waals surface area contributed by atoms with Crippen LogP contribution in [-0.2, 0) is 4.43 Å². The van der Waals surface area contributed by atoms with Gasteiger partial charge in [-0.1, -0.05) is 30.3 Å². The summed E-state index contributed by atoms with van der Waals surface area (Å²) in [7, 11) is -1.49. The molecule has 0 bridgehead atoms. The standard InChI is InChI=1S/C12H18OSi/c1-5-12(13-14(2,3)4)11-9-7-6-8-10-11/h5-10H,1-4H3/b12-5+. The van der Waals surface area contributed by atoms with Gasteiger partial charge < -0.3 is 4.43 Å². The van der Waals surface area contributed by atoms with Crippen molar-refractivity contribution in [2.45, 2.75) is 26.6 Å². The molecule has 14 heavy (non-hydrogen) atoms. The summed E-state index contributed by atoms with van der Waals surface area (Å²) in [6, 6.07) is 10.2. The lowest BCUT2D eigenvalue weighted by Gasteiger charge is -2.21. The Kier molecular flexibility index (Phi) is 3.53. The van der Waals surface area contributed by atoms with Crippen LogP contribution in [0.1, 0.15) is 12.5 Å². The Labute approximate surface area is 87.5 Å². The first kappa shape index (κ1) is 11.1. The van der Waals surface area contributed by atoms with Gasteiger partial charge in [0.05, 0.1) is 0 Å². The van der Waals surface area contributed by atoms with Gasteiger partial charge in [-0.15, -0.1) is 0 Å². The van der Waals surface area contributed by atoms with Crippen molar-refractivity contribution in [3.05, 3.63) is 42.0 Å². The molecule has 0 amide bonds. The Morgan fingerprint density at radius 1 is 1.14 bits per heavy atom. The van der Waals surface area contributed by atoms with Crippen LogP contribution in [0.2, 0.25) is 19.6 Å². The largest absolute Gasteiger partial charge is 0.544 e. The van der Waals surface area contributed by atoms with E-state index in [0.29, 0.717) is 0 Å². The zero-order valence-electron chi connectivity index (χ0n) is 9.37. The van der Waals surface area contributed by atoms with E-state index >= 15 is 0 Å². The predicted octanol–water partition coefficient (Wildman–Crippen LogP) is 3.90. The van der Waals surface area contributed by atoms with Crippen molar-refractivity contribution >= 4 is 14.1 Å². The summed E-state index contributed by atoms with van der Waals surface area (Å²) in [5.41, 5.74) is 1.16. The SMILES string of the molecule is C/C=C(/O[Si](C)(C)C)c1ccccc1. The summed E-state index contributed by atoms with van der Waals surface area (Å²) in [5.74, 6) is 1.00. The van der Waals surface area contributed by atoms with Gasteiger partial charge in [0.2, 0.25) is 8.32 Å². The minimum Gasteiger partial charge on any atom is -0.544 e. The van der Waals surface area contributed by atoms with Gasteiger partial charge in [-0.2, -0.15) is 0 Å². The zero-order valence-corrected chi connectivity index (χ0v) is 10.4. The Morgan fingerprint density at radius 3 is 2.14 bits per heavy atom. The van der Waals surface area contributed by atoms with Crippen molar-refractivity contribution in [3.63, 3.8) is 0 Å². The van der Waals surface area contributed by atoms with Crippen molar-refractivity contribution in [2.24, 2.45) is 0 Å². The second-order valence-corrected chi connectivity index (χ2v) is 8.66. The summed E-state index contributed by atoms with van der Waals surface area (Å²) in [4.78, 5) is 0. The van der Waals surface area contributed by atoms with E-state index in [1.54, 1.807) is 0 Å². The molecule has 0 N–H and O–H groups in total. The average Bonchev–Trinajstić information content (AvgIpc) is 2.14. The van der Waals surface area contributed by atoms with Crippen molar-refractivity contribution in [3.8, 4) is 0 Å². The fourth-order valence-electron chi connectivity index (χ4n) is 1.22. The maximum Gasteiger partial charge on any atom is 0.242 e. The van der Waals surface area contributed by atoms with Gasteiger partial charge in [-0.05, 0) is 32.6 Å². The molecular weight excluding hydrogens is 188 g/mol. The third-order valence-corrected chi connectivity index (χ3v) is 2.57. The Hall–Kier alpha value is -1.02. The fourth-order valence-corrected chi connectivity index (χ4v) is 2.11. The molecule has 0 spiro atoms. The van der Waals surface area contributed by atoms with E-state index < -0.39 is 8.32 Å². The smallest absolute Gasteiger partial charge is 0.242 e. The molecule has 1 aromatic carbocycles. The molecule has 0 aliphatic carbocycles. The molecule has 76 valence electrons. The van der Waals surface area contributed by atoms with Gasteiger partial charge in [-0.25, -0.2) is 0 Å². The van der Waals surface area contributed by atoms with E-state index in [1.165, 1.54) is 0 Å². The first-order valence-corrected chi connectivity index (χ1v) is 8.34. The summed E-state index contributed by atoms with van der Waals surface area (Å²) < 4.78 is 5.97. The average molecular weight is 206 g/mol. The normalized spacial score (nSPS) is 12.7. The van der Waals surface area contributed by atoms with E-state index in [1.807, 2.05) is 31.2 Å². The highest BCUT2D eigenvalue weighted by Gasteiger charge is 2.17. The third kappa shape index (κ3) is 3.38. The van der Waals surface area contributed by atoms with E-state index in [4.69, 9.17) is 4.43 Å². The first-order chi connectivity index (χ1) is 6.53. The molecule has 0 saturated carbocycles. The van der Waals surface area contributed by atoms with Crippen molar-refractivity contribution in [2.75, 3.05) is 0 Å².